The van der Waals surface area contributed by atoms with E-state index in [2.05, 4.69) is 27.4 Å². The maximum absolute atomic E-state index is 15.3. The predicted octanol–water partition coefficient (Wildman–Crippen LogP) is -0.368. The second kappa shape index (κ2) is 19.9. The number of carboxylic acids is 1. The molecule has 404 valence electrons. The first-order valence-corrected chi connectivity index (χ1v) is 25.5. The molecule has 26 atom stereocenters. The minimum absolute atomic E-state index is 0.0912. The van der Waals surface area contributed by atoms with Crippen molar-refractivity contribution in [3.8, 4) is 0 Å². The summed E-state index contributed by atoms with van der Waals surface area (Å²) in [5, 5.41) is 118. The molecule has 3 heterocycles. The molecule has 11 N–H and O–H groups in total. The van der Waals surface area contributed by atoms with Gasteiger partial charge in [0.1, 0.15) is 78.7 Å². The van der Waals surface area contributed by atoms with E-state index in [1.54, 1.807) is 6.92 Å². The molecule has 8 aliphatic rings. The van der Waals surface area contributed by atoms with Gasteiger partial charge in [-0.3, -0.25) is 14.4 Å². The van der Waals surface area contributed by atoms with Crippen LogP contribution in [0.3, 0.4) is 0 Å². The SMILES string of the molecule is C=C(CO)C1CCC2(C(=O)OC3OC(COC4OC(CO)C(O)C(O)C4O)C(OC4OC(C)C(O)C(O)C4O)C(O)C3O)CCC3(C)C(CCC4C5(C)CCC(OC(C)=O)C(C)(C(=O)O)C5CCC43C)C12. The molecule has 0 amide bonds. The number of fused-ring (bicyclic) bond motifs is 7. The van der Waals surface area contributed by atoms with Gasteiger partial charge in [0.05, 0.1) is 31.3 Å². The fourth-order valence-corrected chi connectivity index (χ4v) is 16.1. The highest BCUT2D eigenvalue weighted by Gasteiger charge is 2.74. The Morgan fingerprint density at radius 1 is 0.648 bits per heavy atom. The number of carbonyl (C=O) groups excluding carboxylic acids is 2. The molecule has 5 aliphatic carbocycles. The van der Waals surface area contributed by atoms with Crippen molar-refractivity contribution in [3.63, 3.8) is 0 Å². The molecule has 0 aromatic heterocycles. The maximum Gasteiger partial charge on any atom is 0.314 e. The molecule has 0 bridgehead atoms. The zero-order chi connectivity index (χ0) is 52.1. The molecule has 0 radical (unpaired) electrons. The van der Waals surface area contributed by atoms with Crippen LogP contribution in [-0.2, 0) is 47.5 Å². The monoisotopic (exact) mass is 1010 g/mol. The number of aliphatic carboxylic acids is 1. The summed E-state index contributed by atoms with van der Waals surface area (Å²) in [5.74, 6) is -3.16. The number of carbonyl (C=O) groups is 3. The van der Waals surface area contributed by atoms with E-state index < -0.39 is 146 Å². The smallest absolute Gasteiger partial charge is 0.314 e. The number of ether oxygens (including phenoxy) is 7. The third kappa shape index (κ3) is 8.62. The van der Waals surface area contributed by atoms with Gasteiger partial charge >= 0.3 is 17.9 Å². The van der Waals surface area contributed by atoms with E-state index in [0.29, 0.717) is 63.4 Å². The summed E-state index contributed by atoms with van der Waals surface area (Å²) in [4.78, 5) is 40.8. The number of esters is 2. The standard InChI is InChI=1S/C50H78O21/c1-21(18-51)24-10-15-50(17-16-47(5)25(31(24)50)8-9-28-46(4)13-12-30(67-23(3)53)49(7,44(62)63)29(46)11-14-48(28,47)6)45(64)71-43-39(61)36(58)40(70-42-38(60)34(56)32(54)22(2)66-42)27(69-43)20-65-41-37(59)35(57)33(55)26(19-52)68-41/h22,24-43,51-52,54-61H,1,8-20H2,2-7H3,(H,62,63). The van der Waals surface area contributed by atoms with E-state index in [1.807, 2.05) is 0 Å². The summed E-state index contributed by atoms with van der Waals surface area (Å²) in [6.45, 7) is 13.8. The molecule has 0 spiro atoms. The highest BCUT2D eigenvalue weighted by Crippen LogP contribution is 2.78. The van der Waals surface area contributed by atoms with Crippen molar-refractivity contribution in [2.45, 2.75) is 204 Å². The molecule has 8 rings (SSSR count). The number of rotatable bonds is 12. The van der Waals surface area contributed by atoms with Crippen LogP contribution in [0.4, 0.5) is 0 Å². The van der Waals surface area contributed by atoms with Crippen LogP contribution in [0.15, 0.2) is 12.2 Å². The lowest BCUT2D eigenvalue weighted by atomic mass is 9.32. The lowest BCUT2D eigenvalue weighted by molar-refractivity contribution is -0.362. The van der Waals surface area contributed by atoms with Crippen LogP contribution in [0.1, 0.15) is 106 Å². The van der Waals surface area contributed by atoms with E-state index in [1.165, 1.54) is 13.8 Å². The van der Waals surface area contributed by atoms with Gasteiger partial charge in [-0.25, -0.2) is 0 Å². The third-order valence-electron chi connectivity index (χ3n) is 20.2. The highest BCUT2D eigenvalue weighted by molar-refractivity contribution is 5.79. The van der Waals surface area contributed by atoms with E-state index >= 15 is 4.79 Å². The molecule has 71 heavy (non-hydrogen) atoms. The van der Waals surface area contributed by atoms with Crippen LogP contribution in [-0.4, -0.2) is 192 Å². The quantitative estimate of drug-likeness (QED) is 0.0878. The summed E-state index contributed by atoms with van der Waals surface area (Å²) >= 11 is 0. The van der Waals surface area contributed by atoms with Crippen molar-refractivity contribution in [3.05, 3.63) is 12.2 Å². The van der Waals surface area contributed by atoms with Gasteiger partial charge in [0.15, 0.2) is 12.6 Å². The Morgan fingerprint density at radius 3 is 1.94 bits per heavy atom. The summed E-state index contributed by atoms with van der Waals surface area (Å²) < 4.78 is 41.0. The minimum Gasteiger partial charge on any atom is -0.481 e. The molecule has 3 saturated heterocycles. The van der Waals surface area contributed by atoms with E-state index in [9.17, 15) is 65.8 Å². The molecule has 0 aromatic rings. The Bertz CT molecular complexity index is 1990. The predicted molar refractivity (Wildman–Crippen MR) is 242 cm³/mol. The Morgan fingerprint density at radius 2 is 1.30 bits per heavy atom. The van der Waals surface area contributed by atoms with Gasteiger partial charge in [-0.05, 0) is 129 Å². The van der Waals surface area contributed by atoms with Crippen molar-refractivity contribution in [1.29, 1.82) is 0 Å². The number of hydrogen-bond donors (Lipinski definition) is 11. The number of carboxylic acid groups (broad SMARTS) is 1. The van der Waals surface area contributed by atoms with Crippen molar-refractivity contribution >= 4 is 17.9 Å². The van der Waals surface area contributed by atoms with Crippen LogP contribution >= 0.6 is 0 Å². The van der Waals surface area contributed by atoms with Crippen LogP contribution in [0.5, 0.6) is 0 Å². The lowest BCUT2D eigenvalue weighted by Gasteiger charge is -2.72. The number of hydrogen-bond acceptors (Lipinski definition) is 20. The lowest BCUT2D eigenvalue weighted by Crippen LogP contribution is -2.68. The van der Waals surface area contributed by atoms with Crippen LogP contribution < -0.4 is 0 Å². The van der Waals surface area contributed by atoms with Gasteiger partial charge in [0, 0.05) is 6.92 Å². The van der Waals surface area contributed by atoms with Crippen molar-refractivity contribution in [2.24, 2.45) is 56.7 Å². The molecule has 5 saturated carbocycles. The Labute approximate surface area is 413 Å². The molecule has 26 unspecified atom stereocenters. The molecular formula is C50H78O21. The molecule has 21 nitrogen and oxygen atoms in total. The first kappa shape index (κ1) is 54.8. The Hall–Kier alpha value is -2.45. The largest absolute Gasteiger partial charge is 0.481 e. The number of aliphatic hydroxyl groups is 10. The van der Waals surface area contributed by atoms with Gasteiger partial charge < -0.3 is 89.3 Å². The first-order chi connectivity index (χ1) is 33.3. The zero-order valence-electron chi connectivity index (χ0n) is 41.5. The van der Waals surface area contributed by atoms with Crippen molar-refractivity contribution in [2.75, 3.05) is 19.8 Å². The molecule has 3 aliphatic heterocycles. The Balaban J connectivity index is 1.07. The zero-order valence-corrected chi connectivity index (χ0v) is 41.5. The summed E-state index contributed by atoms with van der Waals surface area (Å²) in [6, 6.07) is 0. The summed E-state index contributed by atoms with van der Waals surface area (Å²) in [6.07, 6.45) is -20.5. The van der Waals surface area contributed by atoms with Gasteiger partial charge in [-0.15, -0.1) is 0 Å². The first-order valence-electron chi connectivity index (χ1n) is 25.5. The minimum atomic E-state index is -1.99. The summed E-state index contributed by atoms with van der Waals surface area (Å²) in [7, 11) is 0. The third-order valence-corrected chi connectivity index (χ3v) is 20.2. The molecule has 21 heteroatoms. The average molecular weight is 1020 g/mol. The fraction of sp³-hybridized carbons (Fsp3) is 0.900. The van der Waals surface area contributed by atoms with Gasteiger partial charge in [-0.1, -0.05) is 27.4 Å². The van der Waals surface area contributed by atoms with Gasteiger partial charge in [0.25, 0.3) is 0 Å². The normalized spacial score (nSPS) is 52.8. The molecular weight excluding hydrogens is 937 g/mol. The van der Waals surface area contributed by atoms with E-state index in [4.69, 9.17) is 33.2 Å². The van der Waals surface area contributed by atoms with Crippen molar-refractivity contribution in [1.82, 2.24) is 0 Å². The van der Waals surface area contributed by atoms with Crippen LogP contribution in [0, 0.1) is 56.7 Å². The second-order valence-electron chi connectivity index (χ2n) is 23.3. The van der Waals surface area contributed by atoms with E-state index in [0.717, 1.165) is 6.42 Å². The van der Waals surface area contributed by atoms with Crippen LogP contribution in [0.2, 0.25) is 0 Å². The summed E-state index contributed by atoms with van der Waals surface area (Å²) in [5.41, 5.74) is -3.02. The molecule has 0 aromatic carbocycles. The fourth-order valence-electron chi connectivity index (χ4n) is 16.1. The average Bonchev–Trinajstić information content (AvgIpc) is 3.73. The maximum atomic E-state index is 15.3. The highest BCUT2D eigenvalue weighted by atomic mass is 16.8. The van der Waals surface area contributed by atoms with Gasteiger partial charge in [0.2, 0.25) is 6.29 Å². The Kier molecular flexibility index (Phi) is 15.4. The van der Waals surface area contributed by atoms with Crippen LogP contribution in [0.25, 0.3) is 0 Å². The second-order valence-corrected chi connectivity index (χ2v) is 23.3. The van der Waals surface area contributed by atoms with Crippen molar-refractivity contribution < 1.29 is 104 Å². The van der Waals surface area contributed by atoms with Gasteiger partial charge in [-0.2, -0.15) is 0 Å². The number of aliphatic hydroxyl groups excluding tert-OH is 10. The topological polar surface area (TPSA) is 338 Å². The van der Waals surface area contributed by atoms with E-state index in [-0.39, 0.29) is 47.0 Å². The molecule has 8 fully saturated rings.